The van der Waals surface area contributed by atoms with E-state index < -0.39 is 0 Å². The Morgan fingerprint density at radius 1 is 1.38 bits per heavy atom. The van der Waals surface area contributed by atoms with E-state index in [4.69, 9.17) is 4.74 Å². The second-order valence-corrected chi connectivity index (χ2v) is 6.82. The number of thiophene rings is 1. The highest BCUT2D eigenvalue weighted by Gasteiger charge is 2.43. The van der Waals surface area contributed by atoms with Gasteiger partial charge in [0.05, 0.1) is 23.6 Å². The second-order valence-electron chi connectivity index (χ2n) is 5.91. The van der Waals surface area contributed by atoms with E-state index in [1.54, 1.807) is 11.3 Å². The Morgan fingerprint density at radius 3 is 2.62 bits per heavy atom. The molecule has 3 nitrogen and oxygen atoms in total. The summed E-state index contributed by atoms with van der Waals surface area (Å²) in [5.41, 5.74) is 0.850. The van der Waals surface area contributed by atoms with E-state index in [0.29, 0.717) is 5.78 Å². The molecule has 0 saturated carbocycles. The van der Waals surface area contributed by atoms with Crippen molar-refractivity contribution in [1.29, 1.82) is 0 Å². The van der Waals surface area contributed by atoms with Crippen molar-refractivity contribution in [3.63, 3.8) is 0 Å². The Morgan fingerprint density at radius 2 is 2.10 bits per heavy atom. The molecular weight excluding hydrogens is 282 g/mol. The minimum absolute atomic E-state index is 0.318. The van der Waals surface area contributed by atoms with Gasteiger partial charge in [-0.15, -0.1) is 11.3 Å². The lowest BCUT2D eigenvalue weighted by Gasteiger charge is -2.44. The molecule has 1 aliphatic heterocycles. The van der Waals surface area contributed by atoms with E-state index in [0.717, 1.165) is 56.9 Å². The Kier molecular flexibility index (Phi) is 5.97. The van der Waals surface area contributed by atoms with Crippen LogP contribution in [0.4, 0.5) is 0 Å². The van der Waals surface area contributed by atoms with Gasteiger partial charge in [-0.3, -0.25) is 9.69 Å². The number of unbranched alkanes of at least 4 members (excludes halogenated alkanes) is 1. The van der Waals surface area contributed by atoms with E-state index in [1.165, 1.54) is 5.56 Å². The molecule has 118 valence electrons. The van der Waals surface area contributed by atoms with Crippen LogP contribution in [-0.4, -0.2) is 42.5 Å². The number of Topliss-reactive ketones (excluding diaryl/α,β-unsaturated/α-hetero) is 1. The second kappa shape index (κ2) is 7.52. The van der Waals surface area contributed by atoms with Crippen LogP contribution < -0.4 is 0 Å². The number of ketones is 1. The molecule has 21 heavy (non-hydrogen) atoms. The SMILES string of the molecule is CCCCC(CC)(C(=O)c1cc(C)cs1)N1CCOCC1. The van der Waals surface area contributed by atoms with Gasteiger partial charge in [-0.05, 0) is 36.8 Å². The highest BCUT2D eigenvalue weighted by atomic mass is 32.1. The summed E-state index contributed by atoms with van der Waals surface area (Å²) in [6.45, 7) is 9.63. The first-order valence-electron chi connectivity index (χ1n) is 8.06. The first-order valence-corrected chi connectivity index (χ1v) is 8.94. The Balaban J connectivity index is 2.30. The van der Waals surface area contributed by atoms with Crippen LogP contribution in [0.15, 0.2) is 11.4 Å². The van der Waals surface area contributed by atoms with Crippen molar-refractivity contribution in [3.05, 3.63) is 21.9 Å². The third-order valence-corrected chi connectivity index (χ3v) is 5.57. The smallest absolute Gasteiger partial charge is 0.192 e. The van der Waals surface area contributed by atoms with Gasteiger partial charge < -0.3 is 4.74 Å². The van der Waals surface area contributed by atoms with Gasteiger partial charge in [-0.25, -0.2) is 0 Å². The molecule has 1 fully saturated rings. The molecule has 1 aromatic rings. The maximum absolute atomic E-state index is 13.2. The molecule has 1 atom stereocenters. The molecule has 0 N–H and O–H groups in total. The Labute approximate surface area is 132 Å². The Bertz CT molecular complexity index is 465. The summed E-state index contributed by atoms with van der Waals surface area (Å²) in [7, 11) is 0. The number of morpholine rings is 1. The van der Waals surface area contributed by atoms with Crippen molar-refractivity contribution in [2.75, 3.05) is 26.3 Å². The average Bonchev–Trinajstić information content (AvgIpc) is 2.96. The molecule has 0 amide bonds. The van der Waals surface area contributed by atoms with Crippen LogP contribution in [-0.2, 0) is 4.74 Å². The van der Waals surface area contributed by atoms with Crippen molar-refractivity contribution in [2.24, 2.45) is 0 Å². The minimum Gasteiger partial charge on any atom is -0.379 e. The number of carbonyl (C=O) groups is 1. The number of carbonyl (C=O) groups excluding carboxylic acids is 1. The molecule has 2 rings (SSSR count). The summed E-state index contributed by atoms with van der Waals surface area (Å²) in [6.07, 6.45) is 4.06. The fourth-order valence-corrected chi connectivity index (χ4v) is 4.15. The van der Waals surface area contributed by atoms with Gasteiger partial charge in [0.25, 0.3) is 0 Å². The molecular formula is C17H27NO2S. The van der Waals surface area contributed by atoms with Crippen molar-refractivity contribution in [2.45, 2.75) is 52.0 Å². The van der Waals surface area contributed by atoms with Crippen LogP contribution in [0.3, 0.4) is 0 Å². The number of rotatable bonds is 7. The molecule has 1 aromatic heterocycles. The topological polar surface area (TPSA) is 29.5 Å². The zero-order valence-corrected chi connectivity index (χ0v) is 14.3. The van der Waals surface area contributed by atoms with Gasteiger partial charge in [0.2, 0.25) is 0 Å². The molecule has 1 aliphatic rings. The summed E-state index contributed by atoms with van der Waals surface area (Å²) < 4.78 is 5.48. The number of aryl methyl sites for hydroxylation is 1. The molecule has 1 saturated heterocycles. The largest absolute Gasteiger partial charge is 0.379 e. The van der Waals surface area contributed by atoms with Gasteiger partial charge in [0.1, 0.15) is 0 Å². The fraction of sp³-hybridized carbons (Fsp3) is 0.706. The number of nitrogens with zero attached hydrogens (tertiary/aromatic N) is 1. The number of hydrogen-bond acceptors (Lipinski definition) is 4. The predicted molar refractivity (Wildman–Crippen MR) is 88.3 cm³/mol. The standard InChI is InChI=1S/C17H27NO2S/c1-4-6-7-17(5-2,18-8-10-20-11-9-18)16(19)15-12-14(3)13-21-15/h12-13H,4-11H2,1-3H3. The summed E-state index contributed by atoms with van der Waals surface area (Å²) in [6, 6.07) is 2.05. The molecule has 4 heteroatoms. The maximum Gasteiger partial charge on any atom is 0.192 e. The first-order chi connectivity index (χ1) is 10.1. The fourth-order valence-electron chi connectivity index (χ4n) is 3.22. The zero-order valence-electron chi connectivity index (χ0n) is 13.5. The molecule has 0 bridgehead atoms. The van der Waals surface area contributed by atoms with E-state index in [9.17, 15) is 4.79 Å². The monoisotopic (exact) mass is 309 g/mol. The molecule has 0 spiro atoms. The Hall–Kier alpha value is -0.710. The van der Waals surface area contributed by atoms with Crippen molar-refractivity contribution >= 4 is 17.1 Å². The number of ether oxygens (including phenoxy) is 1. The van der Waals surface area contributed by atoms with Crippen LogP contribution >= 0.6 is 11.3 Å². The summed E-state index contributed by atoms with van der Waals surface area (Å²) in [5, 5.41) is 2.08. The van der Waals surface area contributed by atoms with Gasteiger partial charge >= 0.3 is 0 Å². The third-order valence-electron chi connectivity index (χ3n) is 4.52. The zero-order chi connectivity index (χ0) is 15.3. The summed E-state index contributed by atoms with van der Waals surface area (Å²) in [5.74, 6) is 0.318. The van der Waals surface area contributed by atoms with Gasteiger partial charge in [0.15, 0.2) is 5.78 Å². The van der Waals surface area contributed by atoms with Gasteiger partial charge in [0, 0.05) is 13.1 Å². The van der Waals surface area contributed by atoms with Crippen LogP contribution in [0.25, 0.3) is 0 Å². The van der Waals surface area contributed by atoms with Crippen molar-refractivity contribution in [3.8, 4) is 0 Å². The van der Waals surface area contributed by atoms with Crippen LogP contribution in [0, 0.1) is 6.92 Å². The lowest BCUT2D eigenvalue weighted by Crippen LogP contribution is -2.57. The molecule has 0 radical (unpaired) electrons. The van der Waals surface area contributed by atoms with Crippen LogP contribution in [0.5, 0.6) is 0 Å². The van der Waals surface area contributed by atoms with Gasteiger partial charge in [-0.1, -0.05) is 26.7 Å². The van der Waals surface area contributed by atoms with Crippen LogP contribution in [0.2, 0.25) is 0 Å². The normalized spacial score (nSPS) is 19.4. The third kappa shape index (κ3) is 3.55. The lowest BCUT2D eigenvalue weighted by atomic mass is 9.82. The first kappa shape index (κ1) is 16.7. The minimum atomic E-state index is -0.336. The average molecular weight is 309 g/mol. The highest BCUT2D eigenvalue weighted by molar-refractivity contribution is 7.12. The van der Waals surface area contributed by atoms with E-state index in [-0.39, 0.29) is 5.54 Å². The van der Waals surface area contributed by atoms with E-state index in [2.05, 4.69) is 31.1 Å². The molecule has 2 heterocycles. The van der Waals surface area contributed by atoms with Gasteiger partial charge in [-0.2, -0.15) is 0 Å². The van der Waals surface area contributed by atoms with Crippen molar-refractivity contribution < 1.29 is 9.53 Å². The van der Waals surface area contributed by atoms with E-state index in [1.807, 2.05) is 6.07 Å². The van der Waals surface area contributed by atoms with Crippen LogP contribution in [0.1, 0.15) is 54.8 Å². The quantitative estimate of drug-likeness (QED) is 0.715. The summed E-state index contributed by atoms with van der Waals surface area (Å²) in [4.78, 5) is 16.5. The van der Waals surface area contributed by atoms with E-state index >= 15 is 0 Å². The van der Waals surface area contributed by atoms with Crippen molar-refractivity contribution in [1.82, 2.24) is 4.90 Å². The number of hydrogen-bond donors (Lipinski definition) is 0. The molecule has 1 unspecified atom stereocenters. The molecule has 0 aliphatic carbocycles. The highest BCUT2D eigenvalue weighted by Crippen LogP contribution is 2.33. The lowest BCUT2D eigenvalue weighted by molar-refractivity contribution is -0.0194. The molecule has 0 aromatic carbocycles. The predicted octanol–water partition coefficient (Wildman–Crippen LogP) is 3.91. The summed E-state index contributed by atoms with van der Waals surface area (Å²) >= 11 is 1.59. The maximum atomic E-state index is 13.2.